The fraction of sp³-hybridized carbons (Fsp3) is 0.167. The number of benzene rings is 1. The van der Waals surface area contributed by atoms with Gasteiger partial charge < -0.3 is 4.74 Å². The van der Waals surface area contributed by atoms with Crippen molar-refractivity contribution in [2.45, 2.75) is 6.92 Å². The van der Waals surface area contributed by atoms with Crippen molar-refractivity contribution in [2.24, 2.45) is 0 Å². The van der Waals surface area contributed by atoms with E-state index < -0.39 is 5.97 Å². The molecule has 3 nitrogen and oxygen atoms in total. The summed E-state index contributed by atoms with van der Waals surface area (Å²) < 4.78 is 4.45. The number of carbonyl (C=O) groups excluding carboxylic acids is 2. The van der Waals surface area contributed by atoms with Gasteiger partial charge >= 0.3 is 5.97 Å². The molecule has 0 spiro atoms. The number of ketones is 1. The van der Waals surface area contributed by atoms with Gasteiger partial charge in [-0.1, -0.05) is 17.7 Å². The minimum absolute atomic E-state index is 0.113. The smallest absolute Gasteiger partial charge is 0.330 e. The highest BCUT2D eigenvalue weighted by molar-refractivity contribution is 6.33. The van der Waals surface area contributed by atoms with Crippen LogP contribution in [-0.4, -0.2) is 18.9 Å². The van der Waals surface area contributed by atoms with E-state index in [1.807, 2.05) is 0 Å². The third-order valence-electron chi connectivity index (χ3n) is 1.98. The van der Waals surface area contributed by atoms with Gasteiger partial charge in [0.1, 0.15) is 0 Å². The van der Waals surface area contributed by atoms with Crippen LogP contribution in [0.3, 0.4) is 0 Å². The van der Waals surface area contributed by atoms with Crippen LogP contribution in [-0.2, 0) is 9.53 Å². The average molecular weight is 239 g/mol. The maximum atomic E-state index is 11.2. The van der Waals surface area contributed by atoms with Crippen molar-refractivity contribution >= 4 is 29.4 Å². The van der Waals surface area contributed by atoms with E-state index >= 15 is 0 Å². The molecule has 0 N–H and O–H groups in total. The van der Waals surface area contributed by atoms with Crippen LogP contribution >= 0.6 is 11.6 Å². The number of rotatable bonds is 3. The maximum absolute atomic E-state index is 11.2. The zero-order chi connectivity index (χ0) is 12.1. The molecular formula is C12H11ClO3. The molecule has 0 aliphatic heterocycles. The van der Waals surface area contributed by atoms with E-state index in [0.29, 0.717) is 10.6 Å². The fourth-order valence-corrected chi connectivity index (χ4v) is 1.40. The highest BCUT2D eigenvalue weighted by Gasteiger charge is 2.05. The van der Waals surface area contributed by atoms with E-state index in [4.69, 9.17) is 11.6 Å². The Morgan fingerprint density at radius 2 is 2.06 bits per heavy atom. The minimum atomic E-state index is -0.445. The van der Waals surface area contributed by atoms with Crippen LogP contribution in [0, 0.1) is 0 Å². The molecule has 0 saturated heterocycles. The summed E-state index contributed by atoms with van der Waals surface area (Å²) in [7, 11) is 1.30. The molecule has 84 valence electrons. The molecule has 1 aromatic rings. The Balaban J connectivity index is 2.99. The van der Waals surface area contributed by atoms with Crippen LogP contribution in [0.5, 0.6) is 0 Å². The van der Waals surface area contributed by atoms with Gasteiger partial charge in [-0.2, -0.15) is 0 Å². The van der Waals surface area contributed by atoms with Gasteiger partial charge in [0, 0.05) is 11.6 Å². The molecule has 0 aliphatic carbocycles. The van der Waals surface area contributed by atoms with E-state index in [9.17, 15) is 9.59 Å². The zero-order valence-corrected chi connectivity index (χ0v) is 9.75. The lowest BCUT2D eigenvalue weighted by molar-refractivity contribution is -0.134. The van der Waals surface area contributed by atoms with Crippen molar-refractivity contribution in [3.05, 3.63) is 40.4 Å². The topological polar surface area (TPSA) is 43.4 Å². The molecule has 0 radical (unpaired) electrons. The summed E-state index contributed by atoms with van der Waals surface area (Å²) in [5, 5.41) is 0.405. The van der Waals surface area contributed by atoms with Crippen LogP contribution in [0.15, 0.2) is 24.3 Å². The van der Waals surface area contributed by atoms with Crippen molar-refractivity contribution in [2.75, 3.05) is 7.11 Å². The Labute approximate surface area is 98.7 Å². The second-order valence-corrected chi connectivity index (χ2v) is 3.56. The molecular weight excluding hydrogens is 228 g/mol. The first kappa shape index (κ1) is 12.5. The summed E-state index contributed by atoms with van der Waals surface area (Å²) >= 11 is 5.84. The highest BCUT2D eigenvalue weighted by Crippen LogP contribution is 2.18. The van der Waals surface area contributed by atoms with Crippen LogP contribution in [0.2, 0.25) is 5.02 Å². The lowest BCUT2D eigenvalue weighted by Gasteiger charge is -2.01. The van der Waals surface area contributed by atoms with Crippen molar-refractivity contribution in [3.8, 4) is 0 Å². The maximum Gasteiger partial charge on any atom is 0.330 e. The monoisotopic (exact) mass is 238 g/mol. The largest absolute Gasteiger partial charge is 0.466 e. The van der Waals surface area contributed by atoms with Crippen LogP contribution in [0.25, 0.3) is 6.08 Å². The van der Waals surface area contributed by atoms with Gasteiger partial charge in [-0.25, -0.2) is 4.79 Å². The lowest BCUT2D eigenvalue weighted by Crippen LogP contribution is -1.95. The molecule has 4 heteroatoms. The van der Waals surface area contributed by atoms with Gasteiger partial charge in [0.25, 0.3) is 0 Å². The summed E-state index contributed by atoms with van der Waals surface area (Å²) in [6.07, 6.45) is 2.85. The predicted molar refractivity (Wildman–Crippen MR) is 62.5 cm³/mol. The minimum Gasteiger partial charge on any atom is -0.466 e. The van der Waals surface area contributed by atoms with Gasteiger partial charge in [-0.15, -0.1) is 0 Å². The Kier molecular flexibility index (Phi) is 4.26. The first-order valence-electron chi connectivity index (χ1n) is 4.61. The van der Waals surface area contributed by atoms with Crippen molar-refractivity contribution in [1.29, 1.82) is 0 Å². The van der Waals surface area contributed by atoms with Gasteiger partial charge in [0.15, 0.2) is 5.78 Å². The van der Waals surface area contributed by atoms with Gasteiger partial charge in [-0.05, 0) is 30.7 Å². The standard InChI is InChI=1S/C12H11ClO3/c1-8(14)10-7-9(3-5-11(10)13)4-6-12(15)16-2/h3-7H,1-2H3. The average Bonchev–Trinajstić information content (AvgIpc) is 2.27. The number of methoxy groups -OCH3 is 1. The van der Waals surface area contributed by atoms with Crippen molar-refractivity contribution < 1.29 is 14.3 Å². The quantitative estimate of drug-likeness (QED) is 0.462. The zero-order valence-electron chi connectivity index (χ0n) is 8.99. The first-order valence-corrected chi connectivity index (χ1v) is 4.99. The molecule has 0 aromatic heterocycles. The third kappa shape index (κ3) is 3.21. The Hall–Kier alpha value is -1.61. The van der Waals surface area contributed by atoms with Gasteiger partial charge in [-0.3, -0.25) is 4.79 Å². The summed E-state index contributed by atoms with van der Waals surface area (Å²) in [4.78, 5) is 22.1. The molecule has 0 atom stereocenters. The fourth-order valence-electron chi connectivity index (χ4n) is 1.15. The summed E-state index contributed by atoms with van der Waals surface area (Å²) in [6, 6.07) is 4.97. The second kappa shape index (κ2) is 5.47. The number of Topliss-reactive ketones (excluding diaryl/α,β-unsaturated/α-hetero) is 1. The van der Waals surface area contributed by atoms with Crippen molar-refractivity contribution in [1.82, 2.24) is 0 Å². The second-order valence-electron chi connectivity index (χ2n) is 3.15. The summed E-state index contributed by atoms with van der Waals surface area (Å²) in [5.74, 6) is -0.558. The van der Waals surface area contributed by atoms with Gasteiger partial charge in [0.05, 0.1) is 12.1 Å². The van der Waals surface area contributed by atoms with E-state index in [-0.39, 0.29) is 5.78 Å². The molecule has 16 heavy (non-hydrogen) atoms. The third-order valence-corrected chi connectivity index (χ3v) is 2.31. The number of esters is 1. The Morgan fingerprint density at radius 3 is 2.62 bits per heavy atom. The predicted octanol–water partition coefficient (Wildman–Crippen LogP) is 2.73. The molecule has 0 saturated carbocycles. The van der Waals surface area contributed by atoms with E-state index in [2.05, 4.69) is 4.74 Å². The van der Waals surface area contributed by atoms with Crippen molar-refractivity contribution in [3.63, 3.8) is 0 Å². The first-order chi connectivity index (χ1) is 7.54. The molecule has 0 heterocycles. The van der Waals surface area contributed by atoms with Crippen LogP contribution in [0.1, 0.15) is 22.8 Å². The molecule has 0 bridgehead atoms. The molecule has 0 aliphatic rings. The molecule has 0 fully saturated rings. The number of hydrogen-bond acceptors (Lipinski definition) is 3. The van der Waals surface area contributed by atoms with Crippen LogP contribution < -0.4 is 0 Å². The van der Waals surface area contributed by atoms with E-state index in [0.717, 1.165) is 5.56 Å². The summed E-state index contributed by atoms with van der Waals surface area (Å²) in [5.41, 5.74) is 1.16. The molecule has 0 amide bonds. The van der Waals surface area contributed by atoms with E-state index in [1.165, 1.54) is 20.1 Å². The number of ether oxygens (including phenoxy) is 1. The number of hydrogen-bond donors (Lipinski definition) is 0. The highest BCUT2D eigenvalue weighted by atomic mass is 35.5. The SMILES string of the molecule is COC(=O)C=Cc1ccc(Cl)c(C(C)=O)c1. The Bertz CT molecular complexity index is 450. The lowest BCUT2D eigenvalue weighted by atomic mass is 10.1. The number of halogens is 1. The van der Waals surface area contributed by atoms with Crippen LogP contribution in [0.4, 0.5) is 0 Å². The normalized spacial score (nSPS) is 10.4. The molecule has 1 rings (SSSR count). The number of carbonyl (C=O) groups is 2. The Morgan fingerprint density at radius 1 is 1.38 bits per heavy atom. The molecule has 1 aromatic carbocycles. The molecule has 0 unspecified atom stereocenters. The summed E-state index contributed by atoms with van der Waals surface area (Å²) in [6.45, 7) is 1.44. The van der Waals surface area contributed by atoms with E-state index in [1.54, 1.807) is 24.3 Å². The van der Waals surface area contributed by atoms with Gasteiger partial charge in [0.2, 0.25) is 0 Å².